The van der Waals surface area contributed by atoms with Crippen molar-refractivity contribution in [3.63, 3.8) is 0 Å². The number of ether oxygens (including phenoxy) is 4. The average molecular weight is 523 g/mol. The van der Waals surface area contributed by atoms with Crippen LogP contribution in [0.2, 0.25) is 0 Å². The van der Waals surface area contributed by atoms with Crippen LogP contribution < -0.4 is 14.2 Å². The fraction of sp³-hybridized carbons (Fsp3) is 0.370. The lowest BCUT2D eigenvalue weighted by Crippen LogP contribution is -2.64. The van der Waals surface area contributed by atoms with E-state index in [0.29, 0.717) is 33.8 Å². The fourth-order valence-corrected chi connectivity index (χ4v) is 5.24. The SMILES string of the molecule is CC(=O)Oc1c(C)c2c(c3c1[C@H](COC(=O)c1ccccc1)N1C(=O)CN(C(C)=O)C(=O)[C@@H]1C3)OC(C)O2. The van der Waals surface area contributed by atoms with E-state index in [4.69, 9.17) is 18.9 Å². The van der Waals surface area contributed by atoms with E-state index in [1.165, 1.54) is 18.7 Å². The summed E-state index contributed by atoms with van der Waals surface area (Å²) in [6.45, 7) is 5.06. The van der Waals surface area contributed by atoms with Crippen molar-refractivity contribution in [2.45, 2.75) is 52.5 Å². The quantitative estimate of drug-likeness (QED) is 0.438. The maximum Gasteiger partial charge on any atom is 0.338 e. The lowest BCUT2D eigenvalue weighted by Gasteiger charge is -2.47. The van der Waals surface area contributed by atoms with Crippen molar-refractivity contribution in [2.75, 3.05) is 13.2 Å². The van der Waals surface area contributed by atoms with Gasteiger partial charge >= 0.3 is 11.9 Å². The molecule has 1 saturated heterocycles. The van der Waals surface area contributed by atoms with Crippen molar-refractivity contribution in [3.05, 3.63) is 52.6 Å². The van der Waals surface area contributed by atoms with Crippen LogP contribution in [0.25, 0.3) is 0 Å². The highest BCUT2D eigenvalue weighted by Gasteiger charge is 2.51. The molecule has 198 valence electrons. The minimum atomic E-state index is -1.07. The van der Waals surface area contributed by atoms with Crippen molar-refractivity contribution < 1.29 is 42.9 Å². The molecule has 0 aromatic heterocycles. The minimum absolute atomic E-state index is 0.0141. The van der Waals surface area contributed by atoms with Crippen LogP contribution >= 0.6 is 0 Å². The van der Waals surface area contributed by atoms with Gasteiger partial charge in [0.25, 0.3) is 5.91 Å². The number of hydrogen-bond donors (Lipinski definition) is 0. The van der Waals surface area contributed by atoms with Crippen LogP contribution in [0.1, 0.15) is 53.9 Å². The Morgan fingerprint density at radius 2 is 1.74 bits per heavy atom. The highest BCUT2D eigenvalue weighted by molar-refractivity contribution is 6.05. The van der Waals surface area contributed by atoms with E-state index in [-0.39, 0.29) is 18.8 Å². The summed E-state index contributed by atoms with van der Waals surface area (Å²) >= 11 is 0. The van der Waals surface area contributed by atoms with Gasteiger partial charge in [0.15, 0.2) is 11.5 Å². The molecule has 0 aliphatic carbocycles. The van der Waals surface area contributed by atoms with Crippen molar-refractivity contribution in [3.8, 4) is 17.2 Å². The molecule has 1 unspecified atom stereocenters. The molecule has 2 aromatic carbocycles. The Hall–Kier alpha value is -4.41. The first-order valence-corrected chi connectivity index (χ1v) is 12.1. The van der Waals surface area contributed by atoms with Gasteiger partial charge in [-0.15, -0.1) is 0 Å². The minimum Gasteiger partial charge on any atom is -0.460 e. The number of benzene rings is 2. The molecule has 0 saturated carbocycles. The standard InChI is InChI=1S/C27H26N2O9/c1-13-23(36-15(3)31)22-18(25-24(13)37-16(4)38-25)10-19-26(33)28(14(2)30)11-21(32)29(19)20(22)12-35-27(34)17-8-6-5-7-9-17/h5-9,16,19-20H,10-12H2,1-4H3/t16?,19-,20-/m0/s1. The zero-order chi connectivity index (χ0) is 27.3. The smallest absolute Gasteiger partial charge is 0.338 e. The predicted octanol–water partition coefficient (Wildman–Crippen LogP) is 2.08. The molecular formula is C27H26N2O9. The molecule has 3 amide bonds. The van der Waals surface area contributed by atoms with Gasteiger partial charge in [-0.1, -0.05) is 18.2 Å². The Kier molecular flexibility index (Phi) is 6.29. The Morgan fingerprint density at radius 3 is 2.39 bits per heavy atom. The summed E-state index contributed by atoms with van der Waals surface area (Å²) in [6, 6.07) is 6.26. The maximum absolute atomic E-state index is 13.4. The molecule has 3 heterocycles. The first kappa shape index (κ1) is 25.2. The summed E-state index contributed by atoms with van der Waals surface area (Å²) in [6.07, 6.45) is -0.662. The van der Waals surface area contributed by atoms with Crippen LogP contribution in [0, 0.1) is 6.92 Å². The lowest BCUT2D eigenvalue weighted by molar-refractivity contribution is -0.165. The van der Waals surface area contributed by atoms with Gasteiger partial charge in [0.05, 0.1) is 11.6 Å². The number of imide groups is 1. The third kappa shape index (κ3) is 4.13. The Labute approximate surface area is 218 Å². The summed E-state index contributed by atoms with van der Waals surface area (Å²) in [4.78, 5) is 66.1. The molecule has 11 nitrogen and oxygen atoms in total. The monoisotopic (exact) mass is 522 g/mol. The number of carbonyl (C=O) groups excluding carboxylic acids is 5. The van der Waals surface area contributed by atoms with Gasteiger partial charge in [-0.2, -0.15) is 0 Å². The van der Waals surface area contributed by atoms with E-state index in [2.05, 4.69) is 0 Å². The van der Waals surface area contributed by atoms with Gasteiger partial charge in [0, 0.05) is 43.9 Å². The lowest BCUT2D eigenvalue weighted by atomic mass is 9.83. The first-order valence-electron chi connectivity index (χ1n) is 12.1. The number of rotatable bonds is 4. The number of carbonyl (C=O) groups is 5. The number of hydrogen-bond acceptors (Lipinski definition) is 9. The molecule has 1 fully saturated rings. The Bertz CT molecular complexity index is 1370. The van der Waals surface area contributed by atoms with Gasteiger partial charge in [-0.05, 0) is 19.1 Å². The summed E-state index contributed by atoms with van der Waals surface area (Å²) in [5, 5.41) is 0. The summed E-state index contributed by atoms with van der Waals surface area (Å²) < 4.78 is 23.0. The van der Waals surface area contributed by atoms with E-state index in [9.17, 15) is 24.0 Å². The first-order chi connectivity index (χ1) is 18.1. The highest BCUT2D eigenvalue weighted by Crippen LogP contribution is 2.53. The van der Waals surface area contributed by atoms with Gasteiger partial charge in [0.1, 0.15) is 24.9 Å². The van der Waals surface area contributed by atoms with Gasteiger partial charge in [0.2, 0.25) is 18.1 Å². The van der Waals surface area contributed by atoms with Crippen molar-refractivity contribution in [2.24, 2.45) is 0 Å². The normalized spacial score (nSPS) is 21.5. The van der Waals surface area contributed by atoms with E-state index in [1.807, 2.05) is 0 Å². The molecule has 5 rings (SSSR count). The molecule has 38 heavy (non-hydrogen) atoms. The number of nitrogens with zero attached hydrogens (tertiary/aromatic N) is 2. The van der Waals surface area contributed by atoms with Crippen molar-refractivity contribution in [1.29, 1.82) is 0 Å². The number of amides is 3. The van der Waals surface area contributed by atoms with Crippen LogP contribution in [0.5, 0.6) is 17.2 Å². The molecule has 2 aromatic rings. The van der Waals surface area contributed by atoms with Gasteiger partial charge in [-0.3, -0.25) is 24.1 Å². The maximum atomic E-state index is 13.4. The zero-order valence-corrected chi connectivity index (χ0v) is 21.3. The van der Waals surface area contributed by atoms with Crippen LogP contribution in [-0.4, -0.2) is 64.9 Å². The predicted molar refractivity (Wildman–Crippen MR) is 129 cm³/mol. The summed E-state index contributed by atoms with van der Waals surface area (Å²) in [5.41, 5.74) is 1.65. The Balaban J connectivity index is 1.66. The van der Waals surface area contributed by atoms with E-state index in [1.54, 1.807) is 44.2 Å². The van der Waals surface area contributed by atoms with Crippen LogP contribution in [0.15, 0.2) is 30.3 Å². The molecule has 11 heteroatoms. The third-order valence-electron chi connectivity index (χ3n) is 6.84. The Morgan fingerprint density at radius 1 is 1.05 bits per heavy atom. The number of esters is 2. The van der Waals surface area contributed by atoms with E-state index in [0.717, 1.165) is 4.90 Å². The molecule has 3 aliphatic rings. The zero-order valence-electron chi connectivity index (χ0n) is 21.3. The average Bonchev–Trinajstić information content (AvgIpc) is 3.28. The number of fused-ring (bicyclic) bond motifs is 4. The molecule has 3 atom stereocenters. The molecule has 0 N–H and O–H groups in total. The van der Waals surface area contributed by atoms with Gasteiger partial charge < -0.3 is 23.8 Å². The summed E-state index contributed by atoms with van der Waals surface area (Å²) in [5.74, 6) is -1.98. The number of piperazine rings is 1. The van der Waals surface area contributed by atoms with Crippen molar-refractivity contribution >= 4 is 29.7 Å². The van der Waals surface area contributed by atoms with E-state index < -0.39 is 54.6 Å². The molecular weight excluding hydrogens is 496 g/mol. The second-order valence-corrected chi connectivity index (χ2v) is 9.35. The molecule has 0 bridgehead atoms. The topological polar surface area (TPSA) is 129 Å². The largest absolute Gasteiger partial charge is 0.460 e. The van der Waals surface area contributed by atoms with Gasteiger partial charge in [-0.25, -0.2) is 4.79 Å². The second-order valence-electron chi connectivity index (χ2n) is 9.35. The van der Waals surface area contributed by atoms with Crippen LogP contribution in [0.3, 0.4) is 0 Å². The molecule has 0 spiro atoms. The molecule has 3 aliphatic heterocycles. The molecule has 0 radical (unpaired) electrons. The van der Waals surface area contributed by atoms with Crippen LogP contribution in [0.4, 0.5) is 0 Å². The third-order valence-corrected chi connectivity index (χ3v) is 6.84. The van der Waals surface area contributed by atoms with E-state index >= 15 is 0 Å². The van der Waals surface area contributed by atoms with Crippen LogP contribution in [-0.2, 0) is 30.3 Å². The second kappa shape index (κ2) is 9.47. The summed E-state index contributed by atoms with van der Waals surface area (Å²) in [7, 11) is 0. The fourth-order valence-electron chi connectivity index (χ4n) is 5.24. The van der Waals surface area contributed by atoms with Crippen molar-refractivity contribution in [1.82, 2.24) is 9.80 Å². The highest BCUT2D eigenvalue weighted by atomic mass is 16.7.